The van der Waals surface area contributed by atoms with E-state index in [-0.39, 0.29) is 24.4 Å². The minimum Gasteiger partial charge on any atom is -0.497 e. The Hall–Kier alpha value is -3.64. The summed E-state index contributed by atoms with van der Waals surface area (Å²) in [6.45, 7) is 3.44. The number of ketones is 1. The van der Waals surface area contributed by atoms with Crippen LogP contribution in [0, 0.1) is 5.92 Å². The molecule has 1 aromatic heterocycles. The SMILES string of the molecule is COc1ccc(C(=O)NC(CC(C)C)C(=O)N2CCC3C2C(=O)CN3S(=O)(=O)C(=O)c2cccnc2)cc1. The van der Waals surface area contributed by atoms with Crippen LogP contribution in [0.25, 0.3) is 0 Å². The van der Waals surface area contributed by atoms with Crippen LogP contribution in [0.2, 0.25) is 0 Å². The number of methoxy groups -OCH3 is 1. The molecular formula is C26H30N4O7S. The van der Waals surface area contributed by atoms with E-state index in [1.54, 1.807) is 24.3 Å². The molecule has 0 bridgehead atoms. The molecule has 2 amide bonds. The number of carbonyl (C=O) groups excluding carboxylic acids is 4. The summed E-state index contributed by atoms with van der Waals surface area (Å²) >= 11 is 0. The predicted molar refractivity (Wildman–Crippen MR) is 137 cm³/mol. The highest BCUT2D eigenvalue weighted by Gasteiger charge is 2.55. The van der Waals surface area contributed by atoms with Gasteiger partial charge in [-0.1, -0.05) is 13.8 Å². The van der Waals surface area contributed by atoms with Gasteiger partial charge in [0.15, 0.2) is 5.78 Å². The van der Waals surface area contributed by atoms with Gasteiger partial charge in [0.2, 0.25) is 5.91 Å². The number of amides is 2. The number of sulfonamides is 1. The Morgan fingerprint density at radius 3 is 2.45 bits per heavy atom. The van der Waals surface area contributed by atoms with Crippen molar-refractivity contribution in [1.29, 1.82) is 0 Å². The van der Waals surface area contributed by atoms with Crippen LogP contribution < -0.4 is 10.1 Å². The second-order valence-corrected chi connectivity index (χ2v) is 11.6. The minimum absolute atomic E-state index is 0.0479. The number of nitrogens with zero attached hydrogens (tertiary/aromatic N) is 3. The Balaban J connectivity index is 1.53. The molecule has 0 aliphatic carbocycles. The van der Waals surface area contributed by atoms with Crippen LogP contribution in [0.3, 0.4) is 0 Å². The fourth-order valence-corrected chi connectivity index (χ4v) is 6.46. The summed E-state index contributed by atoms with van der Waals surface area (Å²) in [5, 5.41) is 1.63. The number of ether oxygens (including phenoxy) is 1. The first-order valence-electron chi connectivity index (χ1n) is 12.3. The molecule has 3 heterocycles. The molecule has 202 valence electrons. The van der Waals surface area contributed by atoms with Crippen molar-refractivity contribution in [2.75, 3.05) is 20.2 Å². The van der Waals surface area contributed by atoms with Crippen molar-refractivity contribution in [1.82, 2.24) is 19.5 Å². The zero-order chi connectivity index (χ0) is 27.6. The number of aromatic nitrogens is 1. The molecule has 2 saturated heterocycles. The van der Waals surface area contributed by atoms with Crippen molar-refractivity contribution in [3.63, 3.8) is 0 Å². The number of rotatable bonds is 8. The fraction of sp³-hybridized carbons (Fsp3) is 0.423. The first-order chi connectivity index (χ1) is 18.0. The van der Waals surface area contributed by atoms with E-state index in [4.69, 9.17) is 4.74 Å². The van der Waals surface area contributed by atoms with Crippen LogP contribution in [0.1, 0.15) is 47.4 Å². The zero-order valence-corrected chi connectivity index (χ0v) is 22.2. The van der Waals surface area contributed by atoms with Crippen LogP contribution >= 0.6 is 0 Å². The van der Waals surface area contributed by atoms with Gasteiger partial charge >= 0.3 is 0 Å². The number of likely N-dealkylation sites (tertiary alicyclic amines) is 1. The summed E-state index contributed by atoms with van der Waals surface area (Å²) in [5.41, 5.74) is 0.238. The third-order valence-corrected chi connectivity index (χ3v) is 8.49. The summed E-state index contributed by atoms with van der Waals surface area (Å²) in [6, 6.07) is 6.44. The number of carbonyl (C=O) groups is 4. The normalized spacial score (nSPS) is 20.3. The molecule has 3 unspecified atom stereocenters. The van der Waals surface area contributed by atoms with E-state index in [2.05, 4.69) is 10.3 Å². The molecular weight excluding hydrogens is 512 g/mol. The molecule has 4 rings (SSSR count). The number of benzene rings is 1. The van der Waals surface area contributed by atoms with Gasteiger partial charge in [-0.15, -0.1) is 0 Å². The molecule has 12 heteroatoms. The maximum absolute atomic E-state index is 13.6. The summed E-state index contributed by atoms with van der Waals surface area (Å²) in [4.78, 5) is 57.5. The number of hydrogen-bond donors (Lipinski definition) is 1. The van der Waals surface area contributed by atoms with Gasteiger partial charge in [0.05, 0.1) is 25.3 Å². The Bertz CT molecular complexity index is 1330. The molecule has 2 aliphatic rings. The van der Waals surface area contributed by atoms with Crippen LogP contribution in [0.15, 0.2) is 48.8 Å². The van der Waals surface area contributed by atoms with Crippen molar-refractivity contribution in [2.45, 2.75) is 44.8 Å². The molecule has 2 aliphatic heterocycles. The highest BCUT2D eigenvalue weighted by atomic mass is 32.2. The number of pyridine rings is 1. The topological polar surface area (TPSA) is 143 Å². The largest absolute Gasteiger partial charge is 0.497 e. The van der Waals surface area contributed by atoms with E-state index >= 15 is 0 Å². The fourth-order valence-electron chi connectivity index (χ4n) is 4.96. The average molecular weight is 543 g/mol. The lowest BCUT2D eigenvalue weighted by atomic mass is 10.0. The maximum atomic E-state index is 13.6. The molecule has 0 radical (unpaired) electrons. The van der Waals surface area contributed by atoms with Crippen LogP contribution in [0.5, 0.6) is 5.75 Å². The highest BCUT2D eigenvalue weighted by molar-refractivity contribution is 8.04. The maximum Gasteiger partial charge on any atom is 0.293 e. The van der Waals surface area contributed by atoms with Gasteiger partial charge in [-0.3, -0.25) is 24.2 Å². The predicted octanol–water partition coefficient (Wildman–Crippen LogP) is 1.26. The Morgan fingerprint density at radius 2 is 1.84 bits per heavy atom. The molecule has 2 fully saturated rings. The summed E-state index contributed by atoms with van der Waals surface area (Å²) in [7, 11) is -3.00. The van der Waals surface area contributed by atoms with Crippen molar-refractivity contribution in [2.24, 2.45) is 5.92 Å². The third kappa shape index (κ3) is 5.32. The molecule has 0 spiro atoms. The van der Waals surface area contributed by atoms with Gasteiger partial charge in [0, 0.05) is 24.5 Å². The molecule has 38 heavy (non-hydrogen) atoms. The monoisotopic (exact) mass is 542 g/mol. The number of Topliss-reactive ketones (excluding diaryl/α,β-unsaturated/α-hetero) is 1. The first-order valence-corrected chi connectivity index (χ1v) is 13.7. The van der Waals surface area contributed by atoms with E-state index in [1.165, 1.54) is 30.3 Å². The Kier molecular flexibility index (Phi) is 7.93. The molecule has 2 aromatic rings. The number of fused-ring (bicyclic) bond motifs is 1. The lowest BCUT2D eigenvalue weighted by molar-refractivity contribution is -0.138. The van der Waals surface area contributed by atoms with Gasteiger partial charge < -0.3 is 15.0 Å². The summed E-state index contributed by atoms with van der Waals surface area (Å²) < 4.78 is 32.3. The standard InChI is InChI=1S/C26H30N4O7S/c1-16(2)13-20(28-24(32)17-6-8-19(37-3)9-7-17)25(33)29-12-10-21-23(29)22(31)15-30(21)38(35,36)26(34)18-5-4-11-27-14-18/h4-9,11,14,16,20-21,23H,10,12-13,15H2,1-3H3,(H,28,32). The summed E-state index contributed by atoms with van der Waals surface area (Å²) in [5.74, 6) is -0.744. The van der Waals surface area contributed by atoms with Crippen LogP contribution in [-0.4, -0.2) is 83.6 Å². The van der Waals surface area contributed by atoms with Crippen molar-refractivity contribution in [3.05, 3.63) is 59.9 Å². The lowest BCUT2D eigenvalue weighted by Gasteiger charge is -2.29. The van der Waals surface area contributed by atoms with Gasteiger partial charge in [0.1, 0.15) is 17.8 Å². The molecule has 1 aromatic carbocycles. The van der Waals surface area contributed by atoms with Gasteiger partial charge in [0.25, 0.3) is 21.0 Å². The third-order valence-electron chi connectivity index (χ3n) is 6.76. The first kappa shape index (κ1) is 27.4. The second-order valence-electron chi connectivity index (χ2n) is 9.76. The van der Waals surface area contributed by atoms with Crippen molar-refractivity contribution >= 4 is 32.7 Å². The van der Waals surface area contributed by atoms with Crippen molar-refractivity contribution in [3.8, 4) is 5.75 Å². The van der Waals surface area contributed by atoms with Gasteiger partial charge in [-0.2, -0.15) is 4.31 Å². The second kappa shape index (κ2) is 11.0. The molecule has 11 nitrogen and oxygen atoms in total. The number of hydrogen-bond acceptors (Lipinski definition) is 8. The van der Waals surface area contributed by atoms with Crippen LogP contribution in [0.4, 0.5) is 0 Å². The average Bonchev–Trinajstić information content (AvgIpc) is 3.49. The van der Waals surface area contributed by atoms with E-state index in [9.17, 15) is 27.6 Å². The van der Waals surface area contributed by atoms with Crippen molar-refractivity contribution < 1.29 is 32.3 Å². The zero-order valence-electron chi connectivity index (χ0n) is 21.4. The van der Waals surface area contributed by atoms with E-state index in [0.29, 0.717) is 17.7 Å². The lowest BCUT2D eigenvalue weighted by Crippen LogP contribution is -2.53. The molecule has 1 N–H and O–H groups in total. The van der Waals surface area contributed by atoms with Gasteiger partial charge in [-0.25, -0.2) is 8.42 Å². The number of nitrogens with one attached hydrogen (secondary N) is 1. The Labute approximate surface area is 221 Å². The van der Waals surface area contributed by atoms with E-state index in [1.807, 2.05) is 13.8 Å². The quantitative estimate of drug-likeness (QED) is 0.525. The Morgan fingerprint density at radius 1 is 1.13 bits per heavy atom. The highest BCUT2D eigenvalue weighted by Crippen LogP contribution is 2.33. The smallest absolute Gasteiger partial charge is 0.293 e. The summed E-state index contributed by atoms with van der Waals surface area (Å²) in [6.07, 6.45) is 3.09. The van der Waals surface area contributed by atoms with E-state index in [0.717, 1.165) is 10.5 Å². The molecule has 3 atom stereocenters. The van der Waals surface area contributed by atoms with Crippen LogP contribution in [-0.2, 0) is 19.6 Å². The van der Waals surface area contributed by atoms with Gasteiger partial charge in [-0.05, 0) is 55.2 Å². The van der Waals surface area contributed by atoms with E-state index < -0.39 is 57.4 Å². The minimum atomic E-state index is -4.51. The molecule has 0 saturated carbocycles.